The average Bonchev–Trinajstić information content (AvgIpc) is 2.93. The molecule has 1 amide bonds. The van der Waals surface area contributed by atoms with E-state index in [0.717, 1.165) is 18.3 Å². The number of halogens is 1. The van der Waals surface area contributed by atoms with Gasteiger partial charge < -0.3 is 5.32 Å². The normalized spacial score (nSPS) is 17.9. The van der Waals surface area contributed by atoms with Gasteiger partial charge >= 0.3 is 0 Å². The van der Waals surface area contributed by atoms with Gasteiger partial charge in [-0.15, -0.1) is 0 Å². The molecule has 88 valence electrons. The van der Waals surface area contributed by atoms with Crippen LogP contribution in [-0.2, 0) is 4.79 Å². The first kappa shape index (κ1) is 13.0. The number of nitrogens with one attached hydrogen (secondary N) is 1. The number of alkyl halides is 1. The van der Waals surface area contributed by atoms with E-state index in [2.05, 4.69) is 35.1 Å². The predicted octanol–water partition coefficient (Wildman–Crippen LogP) is 3.10. The van der Waals surface area contributed by atoms with Crippen molar-refractivity contribution < 1.29 is 4.79 Å². The van der Waals surface area contributed by atoms with E-state index in [4.69, 9.17) is 0 Å². The smallest absolute Gasteiger partial charge is 0.220 e. The highest BCUT2D eigenvalue weighted by Crippen LogP contribution is 2.48. The van der Waals surface area contributed by atoms with Gasteiger partial charge in [0.2, 0.25) is 5.91 Å². The van der Waals surface area contributed by atoms with Crippen molar-refractivity contribution in [3.8, 4) is 0 Å². The molecule has 0 unspecified atom stereocenters. The summed E-state index contributed by atoms with van der Waals surface area (Å²) in [4.78, 5) is 11.5. The van der Waals surface area contributed by atoms with Gasteiger partial charge in [-0.2, -0.15) is 0 Å². The van der Waals surface area contributed by atoms with Crippen molar-refractivity contribution in [2.75, 3.05) is 11.9 Å². The first-order chi connectivity index (χ1) is 7.08. The van der Waals surface area contributed by atoms with Crippen molar-refractivity contribution in [1.29, 1.82) is 0 Å². The van der Waals surface area contributed by atoms with Gasteiger partial charge in [0, 0.05) is 18.3 Å². The SMILES string of the molecule is CC(C)CCC(=O)NCC1(CCBr)CC1. The van der Waals surface area contributed by atoms with Gasteiger partial charge in [-0.05, 0) is 37.0 Å². The number of rotatable bonds is 7. The summed E-state index contributed by atoms with van der Waals surface area (Å²) in [5.41, 5.74) is 0.441. The van der Waals surface area contributed by atoms with Crippen molar-refractivity contribution in [3.05, 3.63) is 0 Å². The monoisotopic (exact) mass is 275 g/mol. The Labute approximate surface area is 101 Å². The summed E-state index contributed by atoms with van der Waals surface area (Å²) in [5, 5.41) is 4.12. The lowest BCUT2D eigenvalue weighted by molar-refractivity contribution is -0.121. The van der Waals surface area contributed by atoms with E-state index in [1.54, 1.807) is 0 Å². The highest BCUT2D eigenvalue weighted by Gasteiger charge is 2.41. The second kappa shape index (κ2) is 5.88. The molecule has 0 atom stereocenters. The molecule has 2 nitrogen and oxygen atoms in total. The number of hydrogen-bond donors (Lipinski definition) is 1. The fourth-order valence-electron chi connectivity index (χ4n) is 1.69. The molecule has 0 spiro atoms. The Kier molecular flexibility index (Phi) is 5.10. The Hall–Kier alpha value is -0.0500. The van der Waals surface area contributed by atoms with E-state index in [-0.39, 0.29) is 5.91 Å². The van der Waals surface area contributed by atoms with Crippen molar-refractivity contribution in [1.82, 2.24) is 5.32 Å². The van der Waals surface area contributed by atoms with Gasteiger partial charge in [-0.3, -0.25) is 4.79 Å². The fraction of sp³-hybridized carbons (Fsp3) is 0.917. The summed E-state index contributed by atoms with van der Waals surface area (Å²) in [6, 6.07) is 0. The molecule has 0 bridgehead atoms. The van der Waals surface area contributed by atoms with Crippen LogP contribution in [0.3, 0.4) is 0 Å². The van der Waals surface area contributed by atoms with Crippen LogP contribution in [0.4, 0.5) is 0 Å². The highest BCUT2D eigenvalue weighted by atomic mass is 79.9. The van der Waals surface area contributed by atoms with Crippen LogP contribution >= 0.6 is 15.9 Å². The van der Waals surface area contributed by atoms with Crippen molar-refractivity contribution in [3.63, 3.8) is 0 Å². The maximum Gasteiger partial charge on any atom is 0.220 e. The summed E-state index contributed by atoms with van der Waals surface area (Å²) < 4.78 is 0. The lowest BCUT2D eigenvalue weighted by Crippen LogP contribution is -2.30. The Morgan fingerprint density at radius 3 is 2.60 bits per heavy atom. The second-order valence-electron chi connectivity index (χ2n) is 5.15. The van der Waals surface area contributed by atoms with E-state index in [0.29, 0.717) is 17.8 Å². The average molecular weight is 276 g/mol. The van der Waals surface area contributed by atoms with Crippen LogP contribution in [0.15, 0.2) is 0 Å². The zero-order valence-electron chi connectivity index (χ0n) is 9.81. The van der Waals surface area contributed by atoms with Crippen LogP contribution in [0.1, 0.15) is 46.0 Å². The van der Waals surface area contributed by atoms with Gasteiger partial charge in [-0.25, -0.2) is 0 Å². The lowest BCUT2D eigenvalue weighted by Gasteiger charge is -2.14. The molecule has 1 aliphatic carbocycles. The molecular weight excluding hydrogens is 254 g/mol. The molecule has 1 aliphatic rings. The molecule has 0 saturated heterocycles. The molecule has 0 aromatic heterocycles. The van der Waals surface area contributed by atoms with Crippen molar-refractivity contribution >= 4 is 21.8 Å². The molecule has 1 rings (SSSR count). The molecule has 1 N–H and O–H groups in total. The third kappa shape index (κ3) is 5.01. The van der Waals surface area contributed by atoms with E-state index >= 15 is 0 Å². The fourth-order valence-corrected chi connectivity index (χ4v) is 2.53. The molecule has 0 aromatic carbocycles. The summed E-state index contributed by atoms with van der Waals surface area (Å²) in [6.45, 7) is 5.19. The van der Waals surface area contributed by atoms with Crippen molar-refractivity contribution in [2.45, 2.75) is 46.0 Å². The summed E-state index contributed by atoms with van der Waals surface area (Å²) in [7, 11) is 0. The molecule has 0 aromatic rings. The van der Waals surface area contributed by atoms with Crippen LogP contribution in [0, 0.1) is 11.3 Å². The number of amides is 1. The van der Waals surface area contributed by atoms with Crippen LogP contribution in [-0.4, -0.2) is 17.8 Å². The van der Waals surface area contributed by atoms with Gasteiger partial charge in [0.15, 0.2) is 0 Å². The number of hydrogen-bond acceptors (Lipinski definition) is 1. The largest absolute Gasteiger partial charge is 0.356 e. The first-order valence-corrected chi connectivity index (χ1v) is 7.03. The molecule has 15 heavy (non-hydrogen) atoms. The molecule has 0 aliphatic heterocycles. The zero-order chi connectivity index (χ0) is 11.3. The van der Waals surface area contributed by atoms with Gasteiger partial charge in [0.1, 0.15) is 0 Å². The van der Waals surface area contributed by atoms with E-state index in [1.165, 1.54) is 19.3 Å². The Morgan fingerprint density at radius 2 is 2.13 bits per heavy atom. The van der Waals surface area contributed by atoms with Crippen LogP contribution in [0.25, 0.3) is 0 Å². The van der Waals surface area contributed by atoms with Gasteiger partial charge in [-0.1, -0.05) is 29.8 Å². The summed E-state index contributed by atoms with van der Waals surface area (Å²) >= 11 is 3.47. The maximum atomic E-state index is 11.5. The topological polar surface area (TPSA) is 29.1 Å². The zero-order valence-corrected chi connectivity index (χ0v) is 11.4. The van der Waals surface area contributed by atoms with Crippen molar-refractivity contribution in [2.24, 2.45) is 11.3 Å². The molecule has 1 saturated carbocycles. The highest BCUT2D eigenvalue weighted by molar-refractivity contribution is 9.09. The lowest BCUT2D eigenvalue weighted by atomic mass is 10.0. The Morgan fingerprint density at radius 1 is 1.47 bits per heavy atom. The standard InChI is InChI=1S/C12H22BrNO/c1-10(2)3-4-11(15)14-9-12(5-6-12)7-8-13/h10H,3-9H2,1-2H3,(H,14,15). The summed E-state index contributed by atoms with van der Waals surface area (Å²) in [5.74, 6) is 0.845. The van der Waals surface area contributed by atoms with E-state index in [1.807, 2.05) is 0 Å². The van der Waals surface area contributed by atoms with Gasteiger partial charge in [0.25, 0.3) is 0 Å². The van der Waals surface area contributed by atoms with E-state index < -0.39 is 0 Å². The molecule has 0 radical (unpaired) electrons. The number of carbonyl (C=O) groups excluding carboxylic acids is 1. The first-order valence-electron chi connectivity index (χ1n) is 5.91. The maximum absolute atomic E-state index is 11.5. The Balaban J connectivity index is 2.11. The predicted molar refractivity (Wildman–Crippen MR) is 67.2 cm³/mol. The summed E-state index contributed by atoms with van der Waals surface area (Å²) in [6.07, 6.45) is 5.43. The molecule has 0 heterocycles. The third-order valence-corrected chi connectivity index (χ3v) is 3.59. The third-order valence-electron chi connectivity index (χ3n) is 3.19. The number of carbonyl (C=O) groups is 1. The molecular formula is C12H22BrNO. The quantitative estimate of drug-likeness (QED) is 0.711. The minimum Gasteiger partial charge on any atom is -0.356 e. The van der Waals surface area contributed by atoms with E-state index in [9.17, 15) is 4.79 Å². The van der Waals surface area contributed by atoms with Crippen LogP contribution < -0.4 is 5.32 Å². The minimum absolute atomic E-state index is 0.226. The van der Waals surface area contributed by atoms with Crippen LogP contribution in [0.5, 0.6) is 0 Å². The van der Waals surface area contributed by atoms with Gasteiger partial charge in [0.05, 0.1) is 0 Å². The minimum atomic E-state index is 0.226. The second-order valence-corrected chi connectivity index (χ2v) is 5.94. The molecule has 3 heteroatoms. The van der Waals surface area contributed by atoms with Crippen LogP contribution in [0.2, 0.25) is 0 Å². The Bertz CT molecular complexity index is 212. The molecule has 1 fully saturated rings.